The molecule has 0 unspecified atom stereocenters. The first-order chi connectivity index (χ1) is 16.6. The second-order valence-electron chi connectivity index (χ2n) is 6.20. The molecule has 0 atom stereocenters. The summed E-state index contributed by atoms with van der Waals surface area (Å²) in [6, 6.07) is 15.0. The van der Waals surface area contributed by atoms with Crippen molar-refractivity contribution < 1.29 is 54.2 Å². The van der Waals surface area contributed by atoms with Crippen LogP contribution in [0.1, 0.15) is 0 Å². The summed E-state index contributed by atoms with van der Waals surface area (Å²) in [5, 5.41) is 0. The van der Waals surface area contributed by atoms with Gasteiger partial charge in [0.15, 0.2) is 23.0 Å². The second kappa shape index (κ2) is 12.0. The number of benzene rings is 3. The average Bonchev–Trinajstić information content (AvgIpc) is 2.77. The molecule has 0 aliphatic rings. The lowest BCUT2D eigenvalue weighted by Crippen LogP contribution is -2.07. The van der Waals surface area contributed by atoms with Crippen LogP contribution in [-0.4, -0.2) is 19.8 Å². The molecule has 0 amide bonds. The number of halogens is 6. The van der Waals surface area contributed by atoms with E-state index in [9.17, 15) is 30.9 Å². The van der Waals surface area contributed by atoms with Gasteiger partial charge in [-0.05, 0) is 36.4 Å². The molecule has 0 saturated heterocycles. The Labute approximate surface area is 199 Å². The smallest absolute Gasteiger partial charge is 0.434 e. The van der Waals surface area contributed by atoms with Crippen LogP contribution in [0.25, 0.3) is 0 Å². The van der Waals surface area contributed by atoms with Crippen LogP contribution in [-0.2, 0) is 4.57 Å². The van der Waals surface area contributed by atoms with Crippen molar-refractivity contribution in [1.29, 1.82) is 0 Å². The summed E-state index contributed by atoms with van der Waals surface area (Å²) >= 11 is 0.271. The second-order valence-corrected chi connectivity index (χ2v) is 9.97. The molecule has 0 heterocycles. The van der Waals surface area contributed by atoms with Crippen molar-refractivity contribution in [1.82, 2.24) is 0 Å². The van der Waals surface area contributed by atoms with Crippen molar-refractivity contribution in [3.05, 3.63) is 72.8 Å². The van der Waals surface area contributed by atoms with Crippen molar-refractivity contribution in [2.45, 2.75) is 24.7 Å². The maximum Gasteiger partial charge on any atom is 0.498 e. The van der Waals surface area contributed by atoms with Crippen LogP contribution in [0.5, 0.6) is 28.7 Å². The molecule has 6 nitrogen and oxygen atoms in total. The Morgan fingerprint density at radius 1 is 0.543 bits per heavy atom. The Balaban J connectivity index is 2.03. The lowest BCUT2D eigenvalue weighted by molar-refractivity contribution is -0.0520. The molecular formula is C21H15F6O6PS. The molecule has 0 radical (unpaired) electrons. The van der Waals surface area contributed by atoms with E-state index in [-0.39, 0.29) is 16.3 Å². The largest absolute Gasteiger partial charge is 0.498 e. The first-order valence-electron chi connectivity index (χ1n) is 9.45. The maximum absolute atomic E-state index is 13.8. The Hall–Kier alpha value is -3.18. The normalized spacial score (nSPS) is 11.6. The van der Waals surface area contributed by atoms with Gasteiger partial charge < -0.3 is 23.3 Å². The molecule has 0 saturated carbocycles. The summed E-state index contributed by atoms with van der Waals surface area (Å²) < 4.78 is 115. The molecule has 0 aliphatic heterocycles. The van der Waals surface area contributed by atoms with Gasteiger partial charge in [0.1, 0.15) is 5.75 Å². The van der Waals surface area contributed by atoms with Crippen LogP contribution >= 0.6 is 18.2 Å². The summed E-state index contributed by atoms with van der Waals surface area (Å²) in [6.07, 6.45) is 0. The summed E-state index contributed by atoms with van der Waals surface area (Å²) in [5.41, 5.74) is 0. The van der Waals surface area contributed by atoms with Gasteiger partial charge in [0.2, 0.25) is 0 Å². The van der Waals surface area contributed by atoms with Crippen molar-refractivity contribution in [3.63, 3.8) is 0 Å². The van der Waals surface area contributed by atoms with Crippen LogP contribution < -0.4 is 23.3 Å². The molecule has 0 spiro atoms. The van der Waals surface area contributed by atoms with E-state index in [1.54, 1.807) is 0 Å². The number of hydrogen-bond donors (Lipinski definition) is 0. The van der Waals surface area contributed by atoms with E-state index < -0.39 is 55.4 Å². The van der Waals surface area contributed by atoms with Gasteiger partial charge in [-0.2, -0.15) is 26.3 Å². The molecule has 35 heavy (non-hydrogen) atoms. The molecule has 3 rings (SSSR count). The lowest BCUT2D eigenvalue weighted by atomic mass is 10.3. The Kier molecular flexibility index (Phi) is 9.05. The summed E-state index contributed by atoms with van der Waals surface area (Å²) in [4.78, 5) is -0.143. The Bertz CT molecular complexity index is 1030. The highest BCUT2D eigenvalue weighted by Gasteiger charge is 2.35. The fourth-order valence-electron chi connectivity index (χ4n) is 2.57. The first-order valence-corrected chi connectivity index (χ1v) is 12.4. The highest BCUT2D eigenvalue weighted by atomic mass is 32.7. The first kappa shape index (κ1) is 26.4. The third-order valence-corrected chi connectivity index (χ3v) is 7.13. The van der Waals surface area contributed by atoms with Gasteiger partial charge in [0, 0.05) is 11.4 Å². The predicted octanol–water partition coefficient (Wildman–Crippen LogP) is 7.85. The van der Waals surface area contributed by atoms with Crippen LogP contribution in [0.3, 0.4) is 0 Å². The molecule has 0 aliphatic carbocycles. The van der Waals surface area contributed by atoms with Crippen molar-refractivity contribution in [3.8, 4) is 28.7 Å². The Morgan fingerprint density at radius 2 is 0.886 bits per heavy atom. The SMILES string of the molecule is O=P(Oc1ccccc1OC(F)F)(Oc1ccccc1OC(F)F)Sc1ccccc1OC(F)F. The molecule has 0 bridgehead atoms. The van der Waals surface area contributed by atoms with Crippen molar-refractivity contribution in [2.24, 2.45) is 0 Å². The molecule has 0 aromatic heterocycles. The summed E-state index contributed by atoms with van der Waals surface area (Å²) in [5.74, 6) is -2.33. The van der Waals surface area contributed by atoms with E-state index in [1.165, 1.54) is 42.5 Å². The number of alkyl halides is 6. The number of rotatable bonds is 12. The maximum atomic E-state index is 13.8. The van der Waals surface area contributed by atoms with Gasteiger partial charge >= 0.3 is 26.6 Å². The van der Waals surface area contributed by atoms with Gasteiger partial charge in [-0.3, -0.25) is 0 Å². The van der Waals surface area contributed by atoms with Gasteiger partial charge in [0.25, 0.3) is 0 Å². The molecule has 0 N–H and O–H groups in total. The highest BCUT2D eigenvalue weighted by Crippen LogP contribution is 2.65. The third-order valence-electron chi connectivity index (χ3n) is 3.83. The minimum absolute atomic E-state index is 0.143. The third kappa shape index (κ3) is 7.93. The quantitative estimate of drug-likeness (QED) is 0.171. The fraction of sp³-hybridized carbons (Fsp3) is 0.143. The number of para-hydroxylation sites is 5. The zero-order chi connectivity index (χ0) is 25.4. The molecular weight excluding hydrogens is 525 g/mol. The highest BCUT2D eigenvalue weighted by molar-refractivity contribution is 8.55. The summed E-state index contributed by atoms with van der Waals surface area (Å²) in [6.45, 7) is -14.4. The zero-order valence-corrected chi connectivity index (χ0v) is 18.9. The molecule has 3 aromatic rings. The molecule has 14 heteroatoms. The van der Waals surface area contributed by atoms with E-state index in [2.05, 4.69) is 14.2 Å². The molecule has 3 aromatic carbocycles. The minimum atomic E-state index is -4.65. The molecule has 0 fully saturated rings. The summed E-state index contributed by atoms with van der Waals surface area (Å²) in [7, 11) is 0. The lowest BCUT2D eigenvalue weighted by Gasteiger charge is -2.22. The molecule has 188 valence electrons. The van der Waals surface area contributed by atoms with E-state index in [0.717, 1.165) is 30.3 Å². The zero-order valence-electron chi connectivity index (χ0n) is 17.2. The monoisotopic (exact) mass is 540 g/mol. The number of ether oxygens (including phenoxy) is 3. The Morgan fingerprint density at radius 3 is 1.31 bits per heavy atom. The average molecular weight is 540 g/mol. The van der Waals surface area contributed by atoms with E-state index in [1.807, 2.05) is 0 Å². The van der Waals surface area contributed by atoms with Crippen LogP contribution in [0, 0.1) is 0 Å². The minimum Gasteiger partial charge on any atom is -0.434 e. The van der Waals surface area contributed by atoms with Crippen molar-refractivity contribution >= 4 is 18.2 Å². The van der Waals surface area contributed by atoms with Gasteiger partial charge in [-0.25, -0.2) is 4.57 Å². The van der Waals surface area contributed by atoms with Gasteiger partial charge in [-0.15, -0.1) is 0 Å². The standard InChI is InChI=1S/C21H15F6O6PS/c22-19(23)29-13-7-1-3-9-15(13)32-34(28,33-16-10-4-2-8-14(16)30-20(24)25)35-18-12-6-5-11-17(18)31-21(26)27/h1-12,19-21H. The van der Waals surface area contributed by atoms with Crippen LogP contribution in [0.2, 0.25) is 0 Å². The van der Waals surface area contributed by atoms with E-state index >= 15 is 0 Å². The topological polar surface area (TPSA) is 63.2 Å². The van der Waals surface area contributed by atoms with Crippen LogP contribution in [0.4, 0.5) is 26.3 Å². The van der Waals surface area contributed by atoms with E-state index in [4.69, 9.17) is 9.05 Å². The fourth-order valence-corrected chi connectivity index (χ4v) is 5.94. The van der Waals surface area contributed by atoms with Crippen LogP contribution in [0.15, 0.2) is 77.7 Å². The van der Waals surface area contributed by atoms with Crippen molar-refractivity contribution in [2.75, 3.05) is 0 Å². The number of hydrogen-bond acceptors (Lipinski definition) is 7. The van der Waals surface area contributed by atoms with E-state index in [0.29, 0.717) is 0 Å². The van der Waals surface area contributed by atoms with Gasteiger partial charge in [0.05, 0.1) is 4.90 Å². The predicted molar refractivity (Wildman–Crippen MR) is 114 cm³/mol. The van der Waals surface area contributed by atoms with Gasteiger partial charge in [-0.1, -0.05) is 36.4 Å².